The molecule has 0 atom stereocenters. The lowest BCUT2D eigenvalue weighted by Gasteiger charge is -2.19. The van der Waals surface area contributed by atoms with E-state index < -0.39 is 0 Å². The first-order chi connectivity index (χ1) is 9.32. The summed E-state index contributed by atoms with van der Waals surface area (Å²) in [6.07, 6.45) is 0.783. The number of carbonyl (C=O) groups is 1. The summed E-state index contributed by atoms with van der Waals surface area (Å²) in [5.41, 5.74) is 2.40. The minimum absolute atomic E-state index is 0.0508. The second kappa shape index (κ2) is 5.12. The van der Waals surface area contributed by atoms with Crippen LogP contribution in [0.15, 0.2) is 24.3 Å². The van der Waals surface area contributed by atoms with Crippen LogP contribution in [0.3, 0.4) is 0 Å². The van der Waals surface area contributed by atoms with E-state index in [1.807, 2.05) is 18.2 Å². The van der Waals surface area contributed by atoms with E-state index in [1.165, 1.54) is 5.56 Å². The summed E-state index contributed by atoms with van der Waals surface area (Å²) in [5, 5.41) is 4.21. The van der Waals surface area contributed by atoms with E-state index in [0.29, 0.717) is 22.9 Å². The molecule has 0 saturated carbocycles. The first-order valence-corrected chi connectivity index (χ1v) is 6.60. The molecule has 0 spiro atoms. The van der Waals surface area contributed by atoms with Gasteiger partial charge in [0.25, 0.3) is 0 Å². The Morgan fingerprint density at radius 1 is 1.30 bits per heavy atom. The second-order valence-electron chi connectivity index (χ2n) is 5.93. The maximum absolute atomic E-state index is 11.1. The van der Waals surface area contributed by atoms with Gasteiger partial charge < -0.3 is 4.74 Å². The first kappa shape index (κ1) is 14.3. The van der Waals surface area contributed by atoms with Crippen LogP contribution in [0.1, 0.15) is 42.4 Å². The fraction of sp³-hybridized carbons (Fsp3) is 0.375. The van der Waals surface area contributed by atoms with E-state index in [-0.39, 0.29) is 5.41 Å². The highest BCUT2D eigenvalue weighted by molar-refractivity contribution is 5.80. The van der Waals surface area contributed by atoms with Gasteiger partial charge in [-0.3, -0.25) is 4.79 Å². The molecule has 0 fully saturated rings. The van der Waals surface area contributed by atoms with Gasteiger partial charge in [0.1, 0.15) is 5.75 Å². The Labute approximate surface area is 119 Å². The second-order valence-corrected chi connectivity index (χ2v) is 5.93. The maximum Gasteiger partial charge on any atom is 0.228 e. The van der Waals surface area contributed by atoms with Gasteiger partial charge in [-0.05, 0) is 30.0 Å². The average Bonchev–Trinajstić information content (AvgIpc) is 2.63. The fourth-order valence-electron chi connectivity index (χ4n) is 2.05. The summed E-state index contributed by atoms with van der Waals surface area (Å²) >= 11 is 0. The number of ether oxygens (including phenoxy) is 1. The van der Waals surface area contributed by atoms with Crippen molar-refractivity contribution in [1.29, 1.82) is 0 Å². The number of rotatable bonds is 3. The third-order valence-electron chi connectivity index (χ3n) is 3.25. The van der Waals surface area contributed by atoms with Crippen LogP contribution in [0.4, 0.5) is 0 Å². The number of aromatic nitrogens is 2. The molecule has 0 unspecified atom stereocenters. The predicted molar refractivity (Wildman–Crippen MR) is 78.5 cm³/mol. The van der Waals surface area contributed by atoms with E-state index in [4.69, 9.17) is 4.74 Å². The van der Waals surface area contributed by atoms with Crippen molar-refractivity contribution < 1.29 is 9.53 Å². The number of carbonyl (C=O) groups excluding carboxylic acids is 1. The molecule has 0 radical (unpaired) electrons. The van der Waals surface area contributed by atoms with Gasteiger partial charge in [0.15, 0.2) is 6.29 Å². The number of nitrogens with zero attached hydrogens (tertiary/aromatic N) is 2. The van der Waals surface area contributed by atoms with Crippen LogP contribution in [0.5, 0.6) is 11.6 Å². The summed E-state index contributed by atoms with van der Waals surface area (Å²) in [5.74, 6) is 1.19. The van der Waals surface area contributed by atoms with Crippen LogP contribution in [0.25, 0.3) is 0 Å². The third-order valence-corrected chi connectivity index (χ3v) is 3.25. The van der Waals surface area contributed by atoms with Gasteiger partial charge in [-0.25, -0.2) is 4.68 Å². The molecule has 2 aromatic rings. The van der Waals surface area contributed by atoms with Crippen LogP contribution in [0, 0.1) is 6.92 Å². The lowest BCUT2D eigenvalue weighted by Crippen LogP contribution is -2.10. The molecule has 0 aliphatic carbocycles. The Hall–Kier alpha value is -2.10. The molecule has 1 aromatic heterocycles. The number of aldehydes is 1. The summed E-state index contributed by atoms with van der Waals surface area (Å²) in [4.78, 5) is 11.1. The van der Waals surface area contributed by atoms with Crippen molar-refractivity contribution in [3.63, 3.8) is 0 Å². The highest BCUT2D eigenvalue weighted by Gasteiger charge is 2.17. The normalized spacial score (nSPS) is 11.4. The van der Waals surface area contributed by atoms with Crippen LogP contribution in [-0.2, 0) is 12.5 Å². The zero-order chi connectivity index (χ0) is 14.9. The minimum atomic E-state index is 0.0508. The Morgan fingerprint density at radius 2 is 2.00 bits per heavy atom. The highest BCUT2D eigenvalue weighted by Crippen LogP contribution is 2.30. The Balaban J connectivity index is 2.38. The molecule has 0 aliphatic rings. The van der Waals surface area contributed by atoms with Crippen molar-refractivity contribution in [3.8, 4) is 11.6 Å². The quantitative estimate of drug-likeness (QED) is 0.801. The van der Waals surface area contributed by atoms with E-state index >= 15 is 0 Å². The standard InChI is InChI=1S/C16H20N2O2/c1-11-14(10-19)15(18(5)17-11)20-13-8-6-7-12(9-13)16(2,3)4/h6-10H,1-5H3. The topological polar surface area (TPSA) is 44.1 Å². The minimum Gasteiger partial charge on any atom is -0.439 e. The first-order valence-electron chi connectivity index (χ1n) is 6.60. The number of hydrogen-bond donors (Lipinski definition) is 0. The summed E-state index contributed by atoms with van der Waals surface area (Å²) in [6.45, 7) is 8.24. The van der Waals surface area contributed by atoms with Crippen molar-refractivity contribution in [2.75, 3.05) is 0 Å². The largest absolute Gasteiger partial charge is 0.439 e. The SMILES string of the molecule is Cc1nn(C)c(Oc2cccc(C(C)(C)C)c2)c1C=O. The zero-order valence-electron chi connectivity index (χ0n) is 12.6. The Morgan fingerprint density at radius 3 is 2.60 bits per heavy atom. The molecule has 1 aromatic carbocycles. The molecular formula is C16H20N2O2. The van der Waals surface area contributed by atoms with Crippen LogP contribution in [-0.4, -0.2) is 16.1 Å². The van der Waals surface area contributed by atoms with Crippen molar-refractivity contribution in [3.05, 3.63) is 41.1 Å². The molecule has 0 aliphatic heterocycles. The smallest absolute Gasteiger partial charge is 0.228 e. The third kappa shape index (κ3) is 2.74. The van der Waals surface area contributed by atoms with Crippen LogP contribution in [0.2, 0.25) is 0 Å². The van der Waals surface area contributed by atoms with Gasteiger partial charge in [0.05, 0.1) is 11.3 Å². The van der Waals surface area contributed by atoms with Crippen molar-refractivity contribution in [2.24, 2.45) is 7.05 Å². The molecule has 0 bridgehead atoms. The molecule has 4 heteroatoms. The monoisotopic (exact) mass is 272 g/mol. The van der Waals surface area contributed by atoms with E-state index in [2.05, 4.69) is 31.9 Å². The fourth-order valence-corrected chi connectivity index (χ4v) is 2.05. The number of hydrogen-bond acceptors (Lipinski definition) is 3. The molecule has 1 heterocycles. The summed E-state index contributed by atoms with van der Waals surface area (Å²) in [6, 6.07) is 7.91. The van der Waals surface area contributed by atoms with Gasteiger partial charge in [-0.2, -0.15) is 5.10 Å². The Bertz CT molecular complexity index is 636. The van der Waals surface area contributed by atoms with Crippen molar-refractivity contribution in [1.82, 2.24) is 9.78 Å². The van der Waals surface area contributed by atoms with E-state index in [0.717, 1.165) is 6.29 Å². The molecule has 106 valence electrons. The number of aryl methyl sites for hydroxylation is 2. The summed E-state index contributed by atoms with van der Waals surface area (Å²) in [7, 11) is 1.77. The molecule has 0 N–H and O–H groups in total. The highest BCUT2D eigenvalue weighted by atomic mass is 16.5. The number of benzene rings is 1. The van der Waals surface area contributed by atoms with Crippen molar-refractivity contribution >= 4 is 6.29 Å². The van der Waals surface area contributed by atoms with E-state index in [9.17, 15) is 4.79 Å². The Kier molecular flexibility index (Phi) is 3.66. The van der Waals surface area contributed by atoms with E-state index in [1.54, 1.807) is 18.7 Å². The molecular weight excluding hydrogens is 252 g/mol. The maximum atomic E-state index is 11.1. The molecule has 20 heavy (non-hydrogen) atoms. The molecule has 2 rings (SSSR count). The lowest BCUT2D eigenvalue weighted by molar-refractivity contribution is 0.112. The van der Waals surface area contributed by atoms with Gasteiger partial charge in [0, 0.05) is 7.05 Å². The van der Waals surface area contributed by atoms with Crippen molar-refractivity contribution in [2.45, 2.75) is 33.1 Å². The van der Waals surface area contributed by atoms with Gasteiger partial charge in [-0.1, -0.05) is 32.9 Å². The molecule has 0 amide bonds. The molecule has 0 saturated heterocycles. The average molecular weight is 272 g/mol. The van der Waals surface area contributed by atoms with Gasteiger partial charge in [-0.15, -0.1) is 0 Å². The summed E-state index contributed by atoms with van der Waals surface area (Å²) < 4.78 is 7.44. The van der Waals surface area contributed by atoms with Crippen LogP contribution < -0.4 is 4.74 Å². The zero-order valence-corrected chi connectivity index (χ0v) is 12.6. The van der Waals surface area contributed by atoms with Gasteiger partial charge in [0.2, 0.25) is 5.88 Å². The predicted octanol–water partition coefficient (Wildman–Crippen LogP) is 3.63. The van der Waals surface area contributed by atoms with Gasteiger partial charge >= 0.3 is 0 Å². The molecule has 4 nitrogen and oxygen atoms in total. The van der Waals surface area contributed by atoms with Crippen LogP contribution >= 0.6 is 0 Å². The lowest BCUT2D eigenvalue weighted by atomic mass is 9.87.